The van der Waals surface area contributed by atoms with Gasteiger partial charge in [-0.05, 0) is 80.6 Å². The van der Waals surface area contributed by atoms with Gasteiger partial charge in [0.1, 0.15) is 11.9 Å². The van der Waals surface area contributed by atoms with Crippen LogP contribution >= 0.6 is 0 Å². The third kappa shape index (κ3) is 2.79. The van der Waals surface area contributed by atoms with Gasteiger partial charge in [0.15, 0.2) is 0 Å². The monoisotopic (exact) mass is 388 g/mol. The van der Waals surface area contributed by atoms with Crippen molar-refractivity contribution in [2.75, 3.05) is 13.1 Å². The van der Waals surface area contributed by atoms with Crippen LogP contribution in [-0.2, 0) is 9.63 Å². The fourth-order valence-corrected chi connectivity index (χ4v) is 7.82. The van der Waals surface area contributed by atoms with Gasteiger partial charge in [0, 0.05) is 24.8 Å². The van der Waals surface area contributed by atoms with Crippen LogP contribution in [0.5, 0.6) is 0 Å². The van der Waals surface area contributed by atoms with E-state index in [2.05, 4.69) is 24.3 Å². The highest BCUT2D eigenvalue weighted by molar-refractivity contribution is 5.87. The zero-order chi connectivity index (χ0) is 19.5. The van der Waals surface area contributed by atoms with E-state index in [9.17, 15) is 9.90 Å². The summed E-state index contributed by atoms with van der Waals surface area (Å²) in [6.07, 6.45) is 8.80. The van der Waals surface area contributed by atoms with Crippen molar-refractivity contribution in [1.82, 2.24) is 5.32 Å². The number of aliphatic hydroxyl groups is 1. The van der Waals surface area contributed by atoms with E-state index >= 15 is 0 Å². The van der Waals surface area contributed by atoms with Gasteiger partial charge in [-0.2, -0.15) is 0 Å². The molecule has 28 heavy (non-hydrogen) atoms. The lowest BCUT2D eigenvalue weighted by Crippen LogP contribution is -2.57. The normalized spacial score (nSPS) is 52.2. The van der Waals surface area contributed by atoms with E-state index in [-0.39, 0.29) is 29.0 Å². The highest BCUT2D eigenvalue weighted by atomic mass is 16.6. The number of rotatable bonds is 2. The number of aliphatic hydroxyl groups excluding tert-OH is 1. The number of Topliss-reactive ketones (excluding diaryl/α,β-unsaturated/α-hetero) is 1. The molecule has 0 unspecified atom stereocenters. The molecule has 0 spiro atoms. The van der Waals surface area contributed by atoms with Gasteiger partial charge in [0.2, 0.25) is 0 Å². The molecule has 5 heteroatoms. The Bertz CT molecular complexity index is 673. The molecule has 1 aliphatic heterocycles. The first-order chi connectivity index (χ1) is 13.4. The van der Waals surface area contributed by atoms with Gasteiger partial charge < -0.3 is 15.3 Å². The van der Waals surface area contributed by atoms with Crippen LogP contribution in [0.4, 0.5) is 0 Å². The molecular weight excluding hydrogens is 352 g/mol. The summed E-state index contributed by atoms with van der Waals surface area (Å²) in [5, 5.41) is 19.0. The molecular formula is C23H36N2O3. The molecule has 0 radical (unpaired) electrons. The topological polar surface area (TPSA) is 70.9 Å². The van der Waals surface area contributed by atoms with Crippen molar-refractivity contribution in [3.63, 3.8) is 0 Å². The largest absolute Gasteiger partial charge is 0.393 e. The summed E-state index contributed by atoms with van der Waals surface area (Å²) in [7, 11) is 0. The molecule has 5 fully saturated rings. The summed E-state index contributed by atoms with van der Waals surface area (Å²) in [5.74, 6) is 2.41. The molecule has 5 aliphatic rings. The standard InChI is InChI=1S/C23H36N2O3/c1-22-8-5-14(25-28-15-7-10-24-13-15)11-19(22)20(26)12-16-17-3-4-21(27)23(17,2)9-6-18(16)22/h15-20,24,26H,3-13H2,1-2H3/b25-14+/t15-,16+,17+,18+,19-,20+,22-,23+/m1/s1. The fraction of sp³-hybridized carbons (Fsp3) is 0.913. The van der Waals surface area contributed by atoms with Gasteiger partial charge in [0.25, 0.3) is 0 Å². The van der Waals surface area contributed by atoms with Crippen molar-refractivity contribution in [3.05, 3.63) is 0 Å². The lowest BCUT2D eigenvalue weighted by molar-refractivity contribution is -0.153. The van der Waals surface area contributed by atoms with Crippen LogP contribution in [0.2, 0.25) is 0 Å². The Morgan fingerprint density at radius 1 is 1.11 bits per heavy atom. The first-order valence-electron chi connectivity index (χ1n) is 11.6. The van der Waals surface area contributed by atoms with Crippen molar-refractivity contribution in [2.24, 2.45) is 39.7 Å². The van der Waals surface area contributed by atoms with E-state index in [0.717, 1.165) is 76.6 Å². The molecule has 1 saturated heterocycles. The lowest BCUT2D eigenvalue weighted by Gasteiger charge is -2.60. The molecule has 0 aromatic carbocycles. The number of nitrogens with one attached hydrogen (secondary N) is 1. The second kappa shape index (κ2) is 6.80. The molecule has 4 saturated carbocycles. The average Bonchev–Trinajstić information content (AvgIpc) is 3.29. The molecule has 8 atom stereocenters. The molecule has 156 valence electrons. The number of oxime groups is 1. The van der Waals surface area contributed by atoms with Crippen LogP contribution in [-0.4, -0.2) is 41.9 Å². The molecule has 0 bridgehead atoms. The Morgan fingerprint density at radius 3 is 2.75 bits per heavy atom. The number of hydrogen-bond donors (Lipinski definition) is 2. The smallest absolute Gasteiger partial charge is 0.141 e. The van der Waals surface area contributed by atoms with Crippen LogP contribution in [0, 0.1) is 34.5 Å². The Labute approximate surface area is 168 Å². The van der Waals surface area contributed by atoms with E-state index in [1.165, 1.54) is 0 Å². The fourth-order valence-electron chi connectivity index (χ4n) is 7.82. The lowest BCUT2D eigenvalue weighted by atomic mass is 9.44. The Hall–Kier alpha value is -0.940. The molecule has 2 N–H and O–H groups in total. The maximum absolute atomic E-state index is 12.6. The van der Waals surface area contributed by atoms with Crippen molar-refractivity contribution >= 4 is 11.5 Å². The van der Waals surface area contributed by atoms with Crippen LogP contribution in [0.15, 0.2) is 5.16 Å². The quantitative estimate of drug-likeness (QED) is 0.712. The Balaban J connectivity index is 1.34. The number of ketones is 1. The van der Waals surface area contributed by atoms with Crippen molar-refractivity contribution in [3.8, 4) is 0 Å². The molecule has 1 heterocycles. The summed E-state index contributed by atoms with van der Waals surface area (Å²) < 4.78 is 0. The van der Waals surface area contributed by atoms with Crippen LogP contribution < -0.4 is 5.32 Å². The Kier molecular flexibility index (Phi) is 4.63. The summed E-state index contributed by atoms with van der Waals surface area (Å²) in [4.78, 5) is 18.4. The van der Waals surface area contributed by atoms with Gasteiger partial charge in [0.05, 0.1) is 11.8 Å². The predicted octanol–water partition coefficient (Wildman–Crippen LogP) is 3.30. The number of hydrogen-bond acceptors (Lipinski definition) is 5. The van der Waals surface area contributed by atoms with E-state index in [1.54, 1.807) is 0 Å². The highest BCUT2D eigenvalue weighted by Crippen LogP contribution is 2.65. The maximum atomic E-state index is 12.6. The van der Waals surface area contributed by atoms with E-state index in [4.69, 9.17) is 4.84 Å². The molecule has 0 aromatic rings. The van der Waals surface area contributed by atoms with Crippen molar-refractivity contribution in [1.29, 1.82) is 0 Å². The minimum Gasteiger partial charge on any atom is -0.393 e. The second-order valence-electron chi connectivity index (χ2n) is 10.8. The zero-order valence-corrected chi connectivity index (χ0v) is 17.5. The third-order valence-electron chi connectivity index (χ3n) is 9.57. The number of carbonyl (C=O) groups is 1. The van der Waals surface area contributed by atoms with Crippen LogP contribution in [0.25, 0.3) is 0 Å². The molecule has 5 nitrogen and oxygen atoms in total. The second-order valence-corrected chi connectivity index (χ2v) is 10.8. The molecule has 0 amide bonds. The maximum Gasteiger partial charge on any atom is 0.141 e. The van der Waals surface area contributed by atoms with Gasteiger partial charge >= 0.3 is 0 Å². The summed E-state index contributed by atoms with van der Waals surface area (Å²) >= 11 is 0. The predicted molar refractivity (Wildman–Crippen MR) is 108 cm³/mol. The summed E-state index contributed by atoms with van der Waals surface area (Å²) in [5.41, 5.74) is 1.20. The number of nitrogens with zero attached hydrogens (tertiary/aromatic N) is 1. The van der Waals surface area contributed by atoms with Gasteiger partial charge in [-0.1, -0.05) is 19.0 Å². The molecule has 5 rings (SSSR count). The average molecular weight is 389 g/mol. The highest BCUT2D eigenvalue weighted by Gasteiger charge is 2.61. The number of fused-ring (bicyclic) bond motifs is 5. The first-order valence-corrected chi connectivity index (χ1v) is 11.6. The Morgan fingerprint density at radius 2 is 1.96 bits per heavy atom. The van der Waals surface area contributed by atoms with Crippen LogP contribution in [0.1, 0.15) is 71.6 Å². The first kappa shape index (κ1) is 19.0. The van der Waals surface area contributed by atoms with Gasteiger partial charge in [-0.15, -0.1) is 0 Å². The zero-order valence-electron chi connectivity index (χ0n) is 17.5. The van der Waals surface area contributed by atoms with E-state index in [0.29, 0.717) is 23.5 Å². The molecule has 0 aromatic heterocycles. The number of carbonyl (C=O) groups excluding carboxylic acids is 1. The minimum atomic E-state index is -0.275. The van der Waals surface area contributed by atoms with E-state index in [1.807, 2.05) is 0 Å². The van der Waals surface area contributed by atoms with Crippen molar-refractivity contribution < 1.29 is 14.7 Å². The minimum absolute atomic E-state index is 0.117. The summed E-state index contributed by atoms with van der Waals surface area (Å²) in [6, 6.07) is 0. The third-order valence-corrected chi connectivity index (χ3v) is 9.57. The summed E-state index contributed by atoms with van der Waals surface area (Å²) in [6.45, 7) is 6.55. The SMILES string of the molecule is C[C@]12CC/C(=N\O[C@@H]3CCNC3)C[C@@H]1[C@@H](O)C[C@@H]1[C@@H]2CC[C@]2(C)C(=O)CC[C@@H]12. The van der Waals surface area contributed by atoms with Gasteiger partial charge in [-0.25, -0.2) is 0 Å². The van der Waals surface area contributed by atoms with Gasteiger partial charge in [-0.3, -0.25) is 4.79 Å². The van der Waals surface area contributed by atoms with E-state index < -0.39 is 0 Å². The van der Waals surface area contributed by atoms with Crippen LogP contribution in [0.3, 0.4) is 0 Å². The molecule has 4 aliphatic carbocycles. The van der Waals surface area contributed by atoms with Crippen molar-refractivity contribution in [2.45, 2.75) is 83.8 Å².